The molecule has 0 saturated heterocycles. The van der Waals surface area contributed by atoms with Crippen LogP contribution in [-0.4, -0.2) is 17.2 Å². The first-order valence-corrected chi connectivity index (χ1v) is 8.32. The van der Waals surface area contributed by atoms with Crippen molar-refractivity contribution < 1.29 is 19.1 Å². The molecule has 1 atom stereocenters. The monoisotopic (exact) mass is 352 g/mol. The van der Waals surface area contributed by atoms with Crippen LogP contribution in [0.2, 0.25) is 0 Å². The van der Waals surface area contributed by atoms with Crippen LogP contribution in [0.25, 0.3) is 22.3 Å². The van der Waals surface area contributed by atoms with Gasteiger partial charge in [-0.05, 0) is 44.9 Å². The molecule has 26 heavy (non-hydrogen) atoms. The van der Waals surface area contributed by atoms with Crippen LogP contribution in [0, 0.1) is 20.8 Å². The van der Waals surface area contributed by atoms with Crippen molar-refractivity contribution in [3.63, 3.8) is 0 Å². The van der Waals surface area contributed by atoms with Crippen molar-refractivity contribution in [2.24, 2.45) is 0 Å². The fraction of sp³-hybridized carbons (Fsp3) is 0.238. The van der Waals surface area contributed by atoms with E-state index in [1.807, 2.05) is 51.1 Å². The maximum Gasteiger partial charge on any atom is 0.344 e. The number of rotatable bonds is 4. The molecule has 1 heterocycles. The first-order valence-electron chi connectivity index (χ1n) is 8.32. The number of aryl methyl sites for hydroxylation is 3. The van der Waals surface area contributed by atoms with E-state index in [2.05, 4.69) is 0 Å². The number of carboxylic acid groups (broad SMARTS) is 1. The van der Waals surface area contributed by atoms with Crippen molar-refractivity contribution in [2.75, 3.05) is 0 Å². The Labute approximate surface area is 150 Å². The lowest BCUT2D eigenvalue weighted by atomic mass is 10.0. The molecular weight excluding hydrogens is 332 g/mol. The summed E-state index contributed by atoms with van der Waals surface area (Å²) in [6.45, 7) is 7.08. The zero-order chi connectivity index (χ0) is 19.0. The number of fused-ring (bicyclic) bond motifs is 1. The highest BCUT2D eigenvalue weighted by Gasteiger charge is 2.23. The molecule has 3 aromatic rings. The van der Waals surface area contributed by atoms with E-state index in [1.165, 1.54) is 6.92 Å². The minimum absolute atomic E-state index is 0.0804. The summed E-state index contributed by atoms with van der Waals surface area (Å²) in [5.74, 6) is -0.996. The summed E-state index contributed by atoms with van der Waals surface area (Å²) in [6.07, 6.45) is -1.18. The van der Waals surface area contributed by atoms with Gasteiger partial charge in [0.15, 0.2) is 11.9 Å². The normalized spacial score (nSPS) is 12.2. The van der Waals surface area contributed by atoms with Crippen molar-refractivity contribution in [3.05, 3.63) is 63.3 Å². The van der Waals surface area contributed by atoms with Crippen LogP contribution in [0.3, 0.4) is 0 Å². The van der Waals surface area contributed by atoms with Crippen LogP contribution in [0.1, 0.15) is 23.6 Å². The van der Waals surface area contributed by atoms with Gasteiger partial charge < -0.3 is 14.3 Å². The van der Waals surface area contributed by atoms with Crippen molar-refractivity contribution in [1.82, 2.24) is 0 Å². The quantitative estimate of drug-likeness (QED) is 0.760. The average molecular weight is 352 g/mol. The molecule has 134 valence electrons. The van der Waals surface area contributed by atoms with Gasteiger partial charge in [0, 0.05) is 5.56 Å². The van der Waals surface area contributed by atoms with E-state index in [9.17, 15) is 14.7 Å². The number of aliphatic carboxylic acids is 1. The highest BCUT2D eigenvalue weighted by atomic mass is 16.5. The van der Waals surface area contributed by atoms with Gasteiger partial charge in [0.25, 0.3) is 0 Å². The molecule has 0 aliphatic carbocycles. The maximum atomic E-state index is 13.1. The smallest absolute Gasteiger partial charge is 0.344 e. The summed E-state index contributed by atoms with van der Waals surface area (Å²) in [7, 11) is 0. The molecule has 0 fully saturated rings. The minimum atomic E-state index is -1.18. The first kappa shape index (κ1) is 17.7. The van der Waals surface area contributed by atoms with Gasteiger partial charge in [-0.3, -0.25) is 4.79 Å². The van der Waals surface area contributed by atoms with Crippen molar-refractivity contribution in [3.8, 4) is 17.1 Å². The molecule has 0 bridgehead atoms. The molecule has 0 aliphatic heterocycles. The second-order valence-electron chi connectivity index (χ2n) is 6.51. The number of ether oxygens (including phenoxy) is 1. The lowest BCUT2D eigenvalue weighted by Gasteiger charge is -2.15. The summed E-state index contributed by atoms with van der Waals surface area (Å²) in [5, 5.41) is 9.58. The van der Waals surface area contributed by atoms with Crippen LogP contribution in [0.4, 0.5) is 0 Å². The van der Waals surface area contributed by atoms with Gasteiger partial charge in [-0.2, -0.15) is 0 Å². The third-order valence-electron chi connectivity index (χ3n) is 4.25. The Kier molecular flexibility index (Phi) is 4.55. The second kappa shape index (κ2) is 6.67. The zero-order valence-electron chi connectivity index (χ0n) is 15.1. The van der Waals surface area contributed by atoms with E-state index in [4.69, 9.17) is 9.15 Å². The second-order valence-corrected chi connectivity index (χ2v) is 6.51. The Bertz CT molecular complexity index is 1040. The maximum absolute atomic E-state index is 13.1. The van der Waals surface area contributed by atoms with E-state index in [1.54, 1.807) is 6.07 Å². The van der Waals surface area contributed by atoms with E-state index in [-0.39, 0.29) is 16.9 Å². The van der Waals surface area contributed by atoms with Crippen LogP contribution >= 0.6 is 0 Å². The third-order valence-corrected chi connectivity index (χ3v) is 4.25. The number of carboxylic acids is 1. The molecule has 0 amide bonds. The minimum Gasteiger partial charge on any atom is -0.479 e. The number of hydrogen-bond donors (Lipinski definition) is 1. The molecule has 3 rings (SSSR count). The Hall–Kier alpha value is -3.08. The fourth-order valence-electron chi connectivity index (χ4n) is 2.90. The van der Waals surface area contributed by atoms with E-state index >= 15 is 0 Å². The molecule has 5 nitrogen and oxygen atoms in total. The number of benzene rings is 2. The number of hydrogen-bond acceptors (Lipinski definition) is 4. The Morgan fingerprint density at radius 2 is 1.73 bits per heavy atom. The van der Waals surface area contributed by atoms with Gasteiger partial charge in [0.1, 0.15) is 5.58 Å². The molecule has 0 spiro atoms. The van der Waals surface area contributed by atoms with Gasteiger partial charge >= 0.3 is 5.97 Å². The van der Waals surface area contributed by atoms with Crippen LogP contribution < -0.4 is 10.2 Å². The summed E-state index contributed by atoms with van der Waals surface area (Å²) in [5.41, 5.74) is 3.54. The van der Waals surface area contributed by atoms with Crippen molar-refractivity contribution >= 4 is 16.9 Å². The largest absolute Gasteiger partial charge is 0.479 e. The molecule has 5 heteroatoms. The fourth-order valence-corrected chi connectivity index (χ4v) is 2.90. The van der Waals surface area contributed by atoms with Crippen molar-refractivity contribution in [2.45, 2.75) is 33.8 Å². The Morgan fingerprint density at radius 3 is 2.35 bits per heavy atom. The topological polar surface area (TPSA) is 76.7 Å². The van der Waals surface area contributed by atoms with Crippen LogP contribution in [0.15, 0.2) is 45.6 Å². The van der Waals surface area contributed by atoms with Crippen LogP contribution in [-0.2, 0) is 4.79 Å². The standard InChI is InChI=1S/C21H20O5/c1-11-5-7-15(8-6-11)19-20(25-14(4)21(23)24)18(22)17-13(3)9-12(2)10-16(17)26-19/h5-10,14H,1-4H3,(H,23,24)/t14-/m1/s1. The van der Waals surface area contributed by atoms with Gasteiger partial charge in [-0.25, -0.2) is 4.79 Å². The molecular formula is C21H20O5. The molecule has 1 N–H and O–H groups in total. The van der Waals surface area contributed by atoms with Gasteiger partial charge in [-0.1, -0.05) is 35.9 Å². The number of carbonyl (C=O) groups is 1. The molecule has 0 unspecified atom stereocenters. The van der Waals surface area contributed by atoms with E-state index in [0.717, 1.165) is 16.7 Å². The van der Waals surface area contributed by atoms with Crippen LogP contribution in [0.5, 0.6) is 5.75 Å². The predicted molar refractivity (Wildman–Crippen MR) is 99.9 cm³/mol. The Morgan fingerprint density at radius 1 is 1.08 bits per heavy atom. The Balaban J connectivity index is 2.34. The van der Waals surface area contributed by atoms with E-state index in [0.29, 0.717) is 16.5 Å². The SMILES string of the molecule is Cc1ccc(-c2oc3cc(C)cc(C)c3c(=O)c2O[C@H](C)C(=O)O)cc1. The van der Waals surface area contributed by atoms with Gasteiger partial charge in [0.2, 0.25) is 11.2 Å². The highest BCUT2D eigenvalue weighted by molar-refractivity contribution is 5.85. The first-order chi connectivity index (χ1) is 12.3. The average Bonchev–Trinajstić information content (AvgIpc) is 2.57. The van der Waals surface area contributed by atoms with Gasteiger partial charge in [-0.15, -0.1) is 0 Å². The van der Waals surface area contributed by atoms with E-state index < -0.39 is 12.1 Å². The summed E-state index contributed by atoms with van der Waals surface area (Å²) < 4.78 is 11.5. The molecule has 0 radical (unpaired) electrons. The third kappa shape index (κ3) is 3.20. The van der Waals surface area contributed by atoms with Gasteiger partial charge in [0.05, 0.1) is 5.39 Å². The molecule has 0 saturated carbocycles. The summed E-state index contributed by atoms with van der Waals surface area (Å²) >= 11 is 0. The van der Waals surface area contributed by atoms with Crippen molar-refractivity contribution in [1.29, 1.82) is 0 Å². The molecule has 0 aliphatic rings. The summed E-state index contributed by atoms with van der Waals surface area (Å²) in [4.78, 5) is 24.3. The summed E-state index contributed by atoms with van der Waals surface area (Å²) in [6, 6.07) is 11.1. The predicted octanol–water partition coefficient (Wildman–Crippen LogP) is 4.24. The lowest BCUT2D eigenvalue weighted by molar-refractivity contribution is -0.144. The highest BCUT2D eigenvalue weighted by Crippen LogP contribution is 2.33. The molecule has 2 aromatic carbocycles. The zero-order valence-corrected chi connectivity index (χ0v) is 15.1. The lowest BCUT2D eigenvalue weighted by Crippen LogP contribution is -2.26. The molecule has 1 aromatic heterocycles.